The first-order chi connectivity index (χ1) is 19.1. The minimum Gasteiger partial charge on any atom is -0.394 e. The summed E-state index contributed by atoms with van der Waals surface area (Å²) in [5.74, 6) is -0.532. The van der Waals surface area contributed by atoms with Crippen LogP contribution in [0, 0.1) is 0 Å². The van der Waals surface area contributed by atoms with Gasteiger partial charge in [-0.15, -0.1) is 0 Å². The molecule has 0 spiro atoms. The molecule has 228 valence electrons. The maximum absolute atomic E-state index is 12.3. The van der Waals surface area contributed by atoms with Crippen LogP contribution in [0.3, 0.4) is 0 Å². The summed E-state index contributed by atoms with van der Waals surface area (Å²) in [6.07, 6.45) is 34.5. The van der Waals surface area contributed by atoms with E-state index in [1.165, 1.54) is 77.0 Å². The number of hydrogen-bond donors (Lipinski definition) is 4. The topological polar surface area (TPSA) is 89.8 Å². The molecular weight excluding hydrogens is 486 g/mol. The quantitative estimate of drug-likeness (QED) is 0.0586. The molecule has 0 aliphatic heterocycles. The van der Waals surface area contributed by atoms with Crippen molar-refractivity contribution in [2.24, 2.45) is 0 Å². The monoisotopic (exact) mass is 549 g/mol. The second-order valence-corrected chi connectivity index (χ2v) is 11.0. The first kappa shape index (κ1) is 37.6. The fourth-order valence-corrected chi connectivity index (χ4v) is 4.53. The van der Waals surface area contributed by atoms with Crippen molar-refractivity contribution in [3.8, 4) is 0 Å². The first-order valence-corrected chi connectivity index (χ1v) is 16.3. The van der Waals surface area contributed by atoms with Gasteiger partial charge >= 0.3 is 0 Å². The third kappa shape index (κ3) is 25.3. The standard InChI is InChI=1S/C34H63NO4/c1-3-5-7-9-11-13-14-15-16-17-18-19-21-22-24-26-28-32(37)31(30-36)35-34(39)33(38)29-27-25-23-20-12-10-8-6-4-2/h10,12,19,21,26,28,31-33,36-38H,3-9,11,13-18,20,22-25,27,29-30H2,1-2H3,(H,35,39)/b12-10-,21-19+,28-26+. The highest BCUT2D eigenvalue weighted by Crippen LogP contribution is 2.12. The van der Waals surface area contributed by atoms with Crippen molar-refractivity contribution >= 4 is 5.91 Å². The molecule has 0 bridgehead atoms. The van der Waals surface area contributed by atoms with Gasteiger partial charge in [0.05, 0.1) is 18.8 Å². The molecule has 0 aromatic heterocycles. The number of allylic oxidation sites excluding steroid dienone is 5. The van der Waals surface area contributed by atoms with Crippen molar-refractivity contribution < 1.29 is 20.1 Å². The number of carbonyl (C=O) groups excluding carboxylic acids is 1. The van der Waals surface area contributed by atoms with Gasteiger partial charge in [-0.2, -0.15) is 0 Å². The van der Waals surface area contributed by atoms with Crippen LogP contribution in [0.4, 0.5) is 0 Å². The van der Waals surface area contributed by atoms with E-state index in [0.29, 0.717) is 6.42 Å². The van der Waals surface area contributed by atoms with Crippen LogP contribution in [0.5, 0.6) is 0 Å². The smallest absolute Gasteiger partial charge is 0.249 e. The molecule has 3 atom stereocenters. The predicted molar refractivity (Wildman–Crippen MR) is 167 cm³/mol. The average molecular weight is 550 g/mol. The normalized spacial score (nSPS) is 14.5. The lowest BCUT2D eigenvalue weighted by Gasteiger charge is -2.21. The van der Waals surface area contributed by atoms with Gasteiger partial charge in [-0.3, -0.25) is 4.79 Å². The molecule has 39 heavy (non-hydrogen) atoms. The maximum Gasteiger partial charge on any atom is 0.249 e. The third-order valence-electron chi connectivity index (χ3n) is 7.20. The zero-order valence-corrected chi connectivity index (χ0v) is 25.5. The average Bonchev–Trinajstić information content (AvgIpc) is 2.94. The SMILES string of the molecule is CCCC/C=C\CCCCCC(O)C(=O)NC(CO)C(O)/C=C/CC/C=C/CCCCCCCCCCCC. The Labute approximate surface area is 241 Å². The first-order valence-electron chi connectivity index (χ1n) is 16.3. The third-order valence-corrected chi connectivity index (χ3v) is 7.20. The maximum atomic E-state index is 12.3. The van der Waals surface area contributed by atoms with E-state index in [4.69, 9.17) is 0 Å². The number of rotatable bonds is 28. The Balaban J connectivity index is 3.87. The Kier molecular flexibility index (Phi) is 28.5. The van der Waals surface area contributed by atoms with Crippen molar-refractivity contribution in [2.45, 2.75) is 167 Å². The van der Waals surface area contributed by atoms with Gasteiger partial charge in [-0.25, -0.2) is 0 Å². The van der Waals surface area contributed by atoms with Crippen LogP contribution in [0.2, 0.25) is 0 Å². The lowest BCUT2D eigenvalue weighted by molar-refractivity contribution is -0.131. The van der Waals surface area contributed by atoms with Crippen LogP contribution in [0.1, 0.15) is 149 Å². The van der Waals surface area contributed by atoms with Crippen molar-refractivity contribution in [3.63, 3.8) is 0 Å². The molecule has 5 nitrogen and oxygen atoms in total. The van der Waals surface area contributed by atoms with Crippen LogP contribution >= 0.6 is 0 Å². The lowest BCUT2D eigenvalue weighted by atomic mass is 10.1. The molecule has 4 N–H and O–H groups in total. The van der Waals surface area contributed by atoms with Crippen LogP contribution in [0.25, 0.3) is 0 Å². The van der Waals surface area contributed by atoms with Gasteiger partial charge in [-0.1, -0.05) is 134 Å². The van der Waals surface area contributed by atoms with Gasteiger partial charge in [0, 0.05) is 0 Å². The largest absolute Gasteiger partial charge is 0.394 e. The van der Waals surface area contributed by atoms with Gasteiger partial charge in [-0.05, 0) is 51.4 Å². The molecule has 0 aliphatic rings. The molecule has 0 aliphatic carbocycles. The summed E-state index contributed by atoms with van der Waals surface area (Å²) >= 11 is 0. The van der Waals surface area contributed by atoms with E-state index in [1.807, 2.05) is 6.08 Å². The summed E-state index contributed by atoms with van der Waals surface area (Å²) in [7, 11) is 0. The highest BCUT2D eigenvalue weighted by molar-refractivity contribution is 5.80. The molecule has 0 heterocycles. The second-order valence-electron chi connectivity index (χ2n) is 11.0. The molecule has 0 radical (unpaired) electrons. The summed E-state index contributed by atoms with van der Waals surface area (Å²) in [4.78, 5) is 12.3. The molecule has 3 unspecified atom stereocenters. The van der Waals surface area contributed by atoms with Crippen LogP contribution < -0.4 is 5.32 Å². The van der Waals surface area contributed by atoms with E-state index in [-0.39, 0.29) is 6.61 Å². The predicted octanol–water partition coefficient (Wildman–Crippen LogP) is 8.09. The Morgan fingerprint density at radius 2 is 1.08 bits per heavy atom. The highest BCUT2D eigenvalue weighted by Gasteiger charge is 2.22. The number of carbonyl (C=O) groups is 1. The van der Waals surface area contributed by atoms with Gasteiger partial charge in [0.1, 0.15) is 6.10 Å². The number of aliphatic hydroxyl groups excluding tert-OH is 3. The van der Waals surface area contributed by atoms with Crippen molar-refractivity contribution in [1.82, 2.24) is 5.32 Å². The molecule has 0 aromatic carbocycles. The van der Waals surface area contributed by atoms with Crippen molar-refractivity contribution in [3.05, 3.63) is 36.5 Å². The van der Waals surface area contributed by atoms with Gasteiger partial charge in [0.25, 0.3) is 0 Å². The van der Waals surface area contributed by atoms with Crippen molar-refractivity contribution in [2.75, 3.05) is 6.61 Å². The van der Waals surface area contributed by atoms with Crippen LogP contribution in [-0.2, 0) is 4.79 Å². The van der Waals surface area contributed by atoms with E-state index in [9.17, 15) is 20.1 Å². The van der Waals surface area contributed by atoms with E-state index in [1.54, 1.807) is 6.08 Å². The van der Waals surface area contributed by atoms with Crippen molar-refractivity contribution in [1.29, 1.82) is 0 Å². The Bertz CT molecular complexity index is 616. The fourth-order valence-electron chi connectivity index (χ4n) is 4.53. The number of aliphatic hydroxyl groups is 3. The fraction of sp³-hybridized carbons (Fsp3) is 0.794. The zero-order chi connectivity index (χ0) is 28.8. The van der Waals surface area contributed by atoms with Crippen LogP contribution in [0.15, 0.2) is 36.5 Å². The van der Waals surface area contributed by atoms with Gasteiger partial charge in [0.2, 0.25) is 5.91 Å². The Morgan fingerprint density at radius 1 is 0.615 bits per heavy atom. The Hall–Kier alpha value is -1.43. The highest BCUT2D eigenvalue weighted by atomic mass is 16.3. The summed E-state index contributed by atoms with van der Waals surface area (Å²) in [5, 5.41) is 32.7. The number of hydrogen-bond acceptors (Lipinski definition) is 4. The summed E-state index contributed by atoms with van der Waals surface area (Å²) in [5.41, 5.74) is 0. The van der Waals surface area contributed by atoms with Gasteiger partial charge < -0.3 is 20.6 Å². The molecular formula is C34H63NO4. The molecule has 0 rings (SSSR count). The minimum absolute atomic E-state index is 0.382. The molecule has 0 aromatic rings. The van der Waals surface area contributed by atoms with Gasteiger partial charge in [0.15, 0.2) is 0 Å². The van der Waals surface area contributed by atoms with E-state index in [2.05, 4.69) is 43.5 Å². The molecule has 0 saturated heterocycles. The minimum atomic E-state index is -1.11. The van der Waals surface area contributed by atoms with E-state index >= 15 is 0 Å². The number of nitrogens with one attached hydrogen (secondary N) is 1. The van der Waals surface area contributed by atoms with Crippen LogP contribution in [-0.4, -0.2) is 46.1 Å². The summed E-state index contributed by atoms with van der Waals surface area (Å²) in [6.45, 7) is 4.07. The lowest BCUT2D eigenvalue weighted by Crippen LogP contribution is -2.48. The number of unbranched alkanes of at least 4 members (excludes halogenated alkanes) is 16. The summed E-state index contributed by atoms with van der Waals surface area (Å²) in [6, 6.07) is -0.816. The molecule has 0 saturated carbocycles. The molecule has 5 heteroatoms. The molecule has 0 fully saturated rings. The van der Waals surface area contributed by atoms with E-state index < -0.39 is 24.2 Å². The number of amides is 1. The summed E-state index contributed by atoms with van der Waals surface area (Å²) < 4.78 is 0. The van der Waals surface area contributed by atoms with E-state index in [0.717, 1.165) is 51.4 Å². The zero-order valence-electron chi connectivity index (χ0n) is 25.5. The molecule has 1 amide bonds. The Morgan fingerprint density at radius 3 is 1.64 bits per heavy atom. The second kappa shape index (κ2) is 29.6.